The standard InChI is InChI=1S/C23H20BrFN4O/c1-16-9-19(13-27-12-16)29(14-18-5-3-4-6-20(18)24)23(30)15-28(2)22-8-7-17(11-26)10-21(22)25/h3-10,12-13H,14-15H2,1-2H3. The number of hydrogen-bond donors (Lipinski definition) is 0. The van der Waals surface area contributed by atoms with E-state index in [1.165, 1.54) is 23.1 Å². The second-order valence-electron chi connectivity index (χ2n) is 6.93. The van der Waals surface area contributed by atoms with Crippen molar-refractivity contribution in [2.24, 2.45) is 0 Å². The first-order valence-electron chi connectivity index (χ1n) is 9.25. The molecule has 0 saturated carbocycles. The van der Waals surface area contributed by atoms with Crippen molar-refractivity contribution < 1.29 is 9.18 Å². The van der Waals surface area contributed by atoms with Crippen molar-refractivity contribution in [3.8, 4) is 6.07 Å². The first-order valence-corrected chi connectivity index (χ1v) is 10.0. The number of carbonyl (C=O) groups excluding carboxylic acids is 1. The van der Waals surface area contributed by atoms with Crippen molar-refractivity contribution in [2.75, 3.05) is 23.4 Å². The van der Waals surface area contributed by atoms with Gasteiger partial charge in [0.05, 0.1) is 42.3 Å². The third kappa shape index (κ3) is 5.02. The van der Waals surface area contributed by atoms with Crippen LogP contribution in [0.3, 0.4) is 0 Å². The molecule has 0 unspecified atom stereocenters. The Morgan fingerprint density at radius 2 is 1.97 bits per heavy atom. The zero-order valence-corrected chi connectivity index (χ0v) is 18.2. The van der Waals surface area contributed by atoms with Crippen LogP contribution in [0.1, 0.15) is 16.7 Å². The van der Waals surface area contributed by atoms with E-state index < -0.39 is 5.82 Å². The number of anilines is 2. The summed E-state index contributed by atoms with van der Waals surface area (Å²) in [5, 5.41) is 8.92. The molecule has 152 valence electrons. The minimum Gasteiger partial charge on any atom is -0.363 e. The summed E-state index contributed by atoms with van der Waals surface area (Å²) in [6, 6.07) is 15.7. The van der Waals surface area contributed by atoms with E-state index in [0.29, 0.717) is 12.2 Å². The molecule has 0 atom stereocenters. The molecule has 2 aromatic carbocycles. The highest BCUT2D eigenvalue weighted by Crippen LogP contribution is 2.24. The maximum Gasteiger partial charge on any atom is 0.246 e. The van der Waals surface area contributed by atoms with Gasteiger partial charge < -0.3 is 9.80 Å². The number of nitriles is 1. The van der Waals surface area contributed by atoms with Crippen molar-refractivity contribution >= 4 is 33.2 Å². The van der Waals surface area contributed by atoms with Crippen LogP contribution >= 0.6 is 15.9 Å². The molecule has 0 aliphatic heterocycles. The molecule has 0 radical (unpaired) electrons. The third-order valence-electron chi connectivity index (χ3n) is 4.62. The highest BCUT2D eigenvalue weighted by atomic mass is 79.9. The molecule has 1 amide bonds. The number of carbonyl (C=O) groups is 1. The molecule has 0 saturated heterocycles. The van der Waals surface area contributed by atoms with Gasteiger partial charge in [-0.25, -0.2) is 4.39 Å². The first-order chi connectivity index (χ1) is 14.4. The molecule has 1 heterocycles. The van der Waals surface area contributed by atoms with E-state index in [-0.39, 0.29) is 23.7 Å². The Morgan fingerprint density at radius 1 is 1.20 bits per heavy atom. The fraction of sp³-hybridized carbons (Fsp3) is 0.174. The number of pyridine rings is 1. The van der Waals surface area contributed by atoms with Crippen molar-refractivity contribution in [3.05, 3.63) is 87.9 Å². The minimum absolute atomic E-state index is 0.0405. The van der Waals surface area contributed by atoms with E-state index in [1.54, 1.807) is 24.3 Å². The Hall–Kier alpha value is -3.24. The number of aryl methyl sites for hydroxylation is 1. The van der Waals surface area contributed by atoms with Crippen molar-refractivity contribution in [2.45, 2.75) is 13.5 Å². The maximum absolute atomic E-state index is 14.4. The van der Waals surface area contributed by atoms with E-state index in [9.17, 15) is 9.18 Å². The van der Waals surface area contributed by atoms with Crippen LogP contribution in [0.2, 0.25) is 0 Å². The molecule has 1 aromatic heterocycles. The quantitative estimate of drug-likeness (QED) is 0.521. The van der Waals surface area contributed by atoms with Gasteiger partial charge in [0.1, 0.15) is 5.82 Å². The number of nitrogens with zero attached hydrogens (tertiary/aromatic N) is 4. The molecule has 7 heteroatoms. The molecule has 3 rings (SSSR count). The largest absolute Gasteiger partial charge is 0.363 e. The van der Waals surface area contributed by atoms with E-state index in [2.05, 4.69) is 20.9 Å². The van der Waals surface area contributed by atoms with Gasteiger partial charge >= 0.3 is 0 Å². The maximum atomic E-state index is 14.4. The van der Waals surface area contributed by atoms with Gasteiger partial charge in [0.15, 0.2) is 0 Å². The van der Waals surface area contributed by atoms with Gasteiger partial charge in [-0.3, -0.25) is 9.78 Å². The van der Waals surface area contributed by atoms with Crippen LogP contribution in [0.5, 0.6) is 0 Å². The summed E-state index contributed by atoms with van der Waals surface area (Å²) in [5.74, 6) is -0.747. The van der Waals surface area contributed by atoms with E-state index in [4.69, 9.17) is 5.26 Å². The fourth-order valence-electron chi connectivity index (χ4n) is 3.07. The molecule has 0 bridgehead atoms. The second-order valence-corrected chi connectivity index (χ2v) is 7.78. The van der Waals surface area contributed by atoms with Crippen LogP contribution in [-0.4, -0.2) is 24.5 Å². The molecular weight excluding hydrogens is 447 g/mol. The summed E-state index contributed by atoms with van der Waals surface area (Å²) in [5.41, 5.74) is 3.04. The van der Waals surface area contributed by atoms with Crippen LogP contribution in [0, 0.1) is 24.1 Å². The van der Waals surface area contributed by atoms with Gasteiger partial charge in [0, 0.05) is 17.7 Å². The Balaban J connectivity index is 1.88. The van der Waals surface area contributed by atoms with Gasteiger partial charge in [-0.05, 0) is 48.4 Å². The van der Waals surface area contributed by atoms with E-state index in [0.717, 1.165) is 15.6 Å². The zero-order valence-electron chi connectivity index (χ0n) is 16.6. The van der Waals surface area contributed by atoms with Gasteiger partial charge in [0.2, 0.25) is 5.91 Å². The average Bonchev–Trinajstić information content (AvgIpc) is 2.72. The fourth-order valence-corrected chi connectivity index (χ4v) is 3.48. The van der Waals surface area contributed by atoms with E-state index >= 15 is 0 Å². The molecule has 30 heavy (non-hydrogen) atoms. The first kappa shape index (κ1) is 21.5. The average molecular weight is 467 g/mol. The van der Waals surface area contributed by atoms with Crippen LogP contribution in [0.4, 0.5) is 15.8 Å². The van der Waals surface area contributed by atoms with E-state index in [1.807, 2.05) is 43.3 Å². The van der Waals surface area contributed by atoms with Gasteiger partial charge in [-0.15, -0.1) is 0 Å². The second kappa shape index (κ2) is 9.51. The Labute approximate surface area is 183 Å². The summed E-state index contributed by atoms with van der Waals surface area (Å²) in [7, 11) is 1.65. The lowest BCUT2D eigenvalue weighted by Crippen LogP contribution is -2.39. The molecule has 0 N–H and O–H groups in total. The van der Waals surface area contributed by atoms with Crippen molar-refractivity contribution in [1.82, 2.24) is 4.98 Å². The molecule has 5 nitrogen and oxygen atoms in total. The zero-order chi connectivity index (χ0) is 21.7. The Kier molecular flexibility index (Phi) is 6.80. The number of hydrogen-bond acceptors (Lipinski definition) is 4. The predicted molar refractivity (Wildman–Crippen MR) is 119 cm³/mol. The van der Waals surface area contributed by atoms with Crippen molar-refractivity contribution in [3.63, 3.8) is 0 Å². The lowest BCUT2D eigenvalue weighted by molar-refractivity contribution is -0.117. The Bertz CT molecular complexity index is 1110. The smallest absolute Gasteiger partial charge is 0.246 e. The monoisotopic (exact) mass is 466 g/mol. The summed E-state index contributed by atoms with van der Waals surface area (Å²) in [6.07, 6.45) is 3.37. The number of rotatable bonds is 6. The summed E-state index contributed by atoms with van der Waals surface area (Å²) in [6.45, 7) is 2.21. The summed E-state index contributed by atoms with van der Waals surface area (Å²) < 4.78 is 15.3. The molecule has 0 fully saturated rings. The van der Waals surface area contributed by atoms with Gasteiger partial charge in [0.25, 0.3) is 0 Å². The highest BCUT2D eigenvalue weighted by Gasteiger charge is 2.21. The predicted octanol–water partition coefficient (Wildman–Crippen LogP) is 4.83. The SMILES string of the molecule is Cc1cncc(N(Cc2ccccc2Br)C(=O)CN(C)c2ccc(C#N)cc2F)c1. The summed E-state index contributed by atoms with van der Waals surface area (Å²) >= 11 is 3.53. The van der Waals surface area contributed by atoms with Crippen LogP contribution < -0.4 is 9.80 Å². The molecule has 0 aliphatic rings. The molecule has 3 aromatic rings. The molecule has 0 spiro atoms. The van der Waals surface area contributed by atoms with Crippen LogP contribution in [0.25, 0.3) is 0 Å². The topological polar surface area (TPSA) is 60.2 Å². The minimum atomic E-state index is -0.543. The normalized spacial score (nSPS) is 10.4. The lowest BCUT2D eigenvalue weighted by Gasteiger charge is -2.27. The number of halogens is 2. The Morgan fingerprint density at radius 3 is 2.63 bits per heavy atom. The van der Waals surface area contributed by atoms with Crippen LogP contribution in [0.15, 0.2) is 65.4 Å². The van der Waals surface area contributed by atoms with Gasteiger partial charge in [-0.1, -0.05) is 34.1 Å². The van der Waals surface area contributed by atoms with Gasteiger partial charge in [-0.2, -0.15) is 5.26 Å². The lowest BCUT2D eigenvalue weighted by atomic mass is 10.1. The number of aromatic nitrogens is 1. The number of amides is 1. The molecule has 0 aliphatic carbocycles. The van der Waals surface area contributed by atoms with Crippen LogP contribution in [-0.2, 0) is 11.3 Å². The highest BCUT2D eigenvalue weighted by molar-refractivity contribution is 9.10. The summed E-state index contributed by atoms with van der Waals surface area (Å²) in [4.78, 5) is 20.6. The number of likely N-dealkylation sites (N-methyl/N-ethyl adjacent to an activating group) is 1. The number of benzene rings is 2. The van der Waals surface area contributed by atoms with Crippen molar-refractivity contribution in [1.29, 1.82) is 5.26 Å². The third-order valence-corrected chi connectivity index (χ3v) is 5.39. The molecular formula is C23H20BrFN4O.